The second-order valence-corrected chi connectivity index (χ2v) is 8.14. The van der Waals surface area contributed by atoms with E-state index < -0.39 is 17.7 Å². The molecule has 2 heterocycles. The van der Waals surface area contributed by atoms with Crippen LogP contribution in [0.2, 0.25) is 0 Å². The van der Waals surface area contributed by atoms with Gasteiger partial charge in [0.25, 0.3) is 0 Å². The molecule has 5 rings (SSSR count). The highest BCUT2D eigenvalue weighted by molar-refractivity contribution is 5.91. The molecule has 3 N–H and O–H groups in total. The van der Waals surface area contributed by atoms with Gasteiger partial charge in [-0.25, -0.2) is 9.18 Å². The molecule has 0 amide bonds. The van der Waals surface area contributed by atoms with Gasteiger partial charge in [-0.3, -0.25) is 5.10 Å². The van der Waals surface area contributed by atoms with Gasteiger partial charge in [0.1, 0.15) is 17.5 Å². The van der Waals surface area contributed by atoms with Gasteiger partial charge >= 0.3 is 5.97 Å². The summed E-state index contributed by atoms with van der Waals surface area (Å²) in [6.45, 7) is 2.10. The molecule has 1 aliphatic heterocycles. The zero-order valence-electron chi connectivity index (χ0n) is 19.7. The highest BCUT2D eigenvalue weighted by Crippen LogP contribution is 2.47. The van der Waals surface area contributed by atoms with E-state index in [2.05, 4.69) is 16.3 Å². The summed E-state index contributed by atoms with van der Waals surface area (Å²) in [6, 6.07) is 21.8. The fourth-order valence-electron chi connectivity index (χ4n) is 4.20. The summed E-state index contributed by atoms with van der Waals surface area (Å²) in [5, 5.41) is 17.3. The number of aromatic amines is 1. The van der Waals surface area contributed by atoms with Crippen LogP contribution in [0.25, 0.3) is 11.3 Å². The minimum atomic E-state index is -0.662. The number of H-pyrrole nitrogens is 1. The van der Waals surface area contributed by atoms with Crippen molar-refractivity contribution in [2.24, 2.45) is 5.73 Å². The normalized spacial score (nSPS) is 14.4. The maximum absolute atomic E-state index is 13.2. The first-order chi connectivity index (χ1) is 18.0. The third-order valence-corrected chi connectivity index (χ3v) is 5.88. The smallest absolute Gasteiger partial charge is 0.343 e. The van der Waals surface area contributed by atoms with Crippen LogP contribution in [0.1, 0.15) is 34.3 Å². The van der Waals surface area contributed by atoms with Crippen molar-refractivity contribution in [3.63, 3.8) is 0 Å². The summed E-state index contributed by atoms with van der Waals surface area (Å²) >= 11 is 0. The summed E-state index contributed by atoms with van der Waals surface area (Å²) in [7, 11) is 0. The predicted octanol–water partition coefficient (Wildman–Crippen LogP) is 5.05. The predicted molar refractivity (Wildman–Crippen MR) is 132 cm³/mol. The first-order valence-corrected chi connectivity index (χ1v) is 11.5. The summed E-state index contributed by atoms with van der Waals surface area (Å²) in [6.07, 6.45) is 0. The highest BCUT2D eigenvalue weighted by atomic mass is 19.1. The molecule has 0 fully saturated rings. The van der Waals surface area contributed by atoms with Crippen LogP contribution in [0.4, 0.5) is 4.39 Å². The fraction of sp³-hybridized carbons (Fsp3) is 0.107. The number of carbonyl (C=O) groups excluding carboxylic acids is 1. The zero-order valence-corrected chi connectivity index (χ0v) is 19.7. The van der Waals surface area contributed by atoms with Gasteiger partial charge in [-0.2, -0.15) is 5.26 Å². The summed E-state index contributed by atoms with van der Waals surface area (Å²) in [5.74, 6) is -1.04. The number of fused-ring (bicyclic) bond motifs is 1. The molecule has 1 aliphatic rings. The van der Waals surface area contributed by atoms with Gasteiger partial charge < -0.3 is 19.9 Å². The lowest BCUT2D eigenvalue weighted by atomic mass is 9.83. The number of allylic oxidation sites excluding steroid dienone is 1. The molecule has 0 unspecified atom stereocenters. The van der Waals surface area contributed by atoms with Crippen molar-refractivity contribution in [3.05, 3.63) is 107 Å². The molecule has 0 bridgehead atoms. The monoisotopic (exact) mass is 496 g/mol. The maximum Gasteiger partial charge on any atom is 0.343 e. The highest BCUT2D eigenvalue weighted by Gasteiger charge is 2.36. The van der Waals surface area contributed by atoms with Gasteiger partial charge in [-0.15, -0.1) is 5.10 Å². The number of carbonyl (C=O) groups is 1. The second-order valence-electron chi connectivity index (χ2n) is 8.14. The van der Waals surface area contributed by atoms with Crippen LogP contribution < -0.4 is 19.9 Å². The Kier molecular flexibility index (Phi) is 6.31. The second kappa shape index (κ2) is 9.87. The minimum absolute atomic E-state index is 0.0455. The van der Waals surface area contributed by atoms with E-state index in [-0.39, 0.29) is 28.6 Å². The molecule has 0 radical (unpaired) electrons. The Labute approximate surface area is 211 Å². The maximum atomic E-state index is 13.2. The Morgan fingerprint density at radius 3 is 2.59 bits per heavy atom. The number of rotatable bonds is 6. The molecule has 1 atom stereocenters. The van der Waals surface area contributed by atoms with Crippen molar-refractivity contribution in [1.29, 1.82) is 5.26 Å². The lowest BCUT2D eigenvalue weighted by Crippen LogP contribution is -2.21. The first kappa shape index (κ1) is 23.6. The number of nitrogens with one attached hydrogen (secondary N) is 1. The molecule has 4 aromatic rings. The number of aromatic nitrogens is 2. The van der Waals surface area contributed by atoms with E-state index in [0.717, 1.165) is 5.56 Å². The van der Waals surface area contributed by atoms with Crippen molar-refractivity contribution in [2.75, 3.05) is 6.61 Å². The lowest BCUT2D eigenvalue weighted by Gasteiger charge is -2.25. The number of halogens is 1. The van der Waals surface area contributed by atoms with E-state index in [4.69, 9.17) is 19.9 Å². The number of ether oxygens (including phenoxy) is 3. The average Bonchev–Trinajstić information content (AvgIpc) is 3.33. The average molecular weight is 496 g/mol. The Hall–Kier alpha value is -5.10. The van der Waals surface area contributed by atoms with E-state index in [1.807, 2.05) is 30.3 Å². The molecule has 37 heavy (non-hydrogen) atoms. The molecule has 9 heteroatoms. The zero-order chi connectivity index (χ0) is 25.9. The van der Waals surface area contributed by atoms with Crippen LogP contribution in [0.3, 0.4) is 0 Å². The third-order valence-electron chi connectivity index (χ3n) is 5.88. The van der Waals surface area contributed by atoms with Crippen LogP contribution >= 0.6 is 0 Å². The number of nitriles is 1. The van der Waals surface area contributed by atoms with Gasteiger partial charge in [0, 0.05) is 0 Å². The standard InChI is InChI=1S/C28H21FN4O4/c1-2-35-22-14-18(10-13-21(22)36-28(34)17-8-11-19(29)12-9-17)23-20(15-30)26(31)37-27-24(23)25(32-33-27)16-6-4-3-5-7-16/h3-14,23H,2,31H2,1H3,(H,32,33)/t23-/m0/s1. The van der Waals surface area contributed by atoms with Crippen LogP contribution in [0.5, 0.6) is 17.4 Å². The molecule has 0 spiro atoms. The molecular weight excluding hydrogens is 475 g/mol. The molecule has 1 aromatic heterocycles. The van der Waals surface area contributed by atoms with E-state index in [9.17, 15) is 14.4 Å². The number of hydrogen-bond donors (Lipinski definition) is 2. The van der Waals surface area contributed by atoms with E-state index >= 15 is 0 Å². The number of hydrogen-bond acceptors (Lipinski definition) is 7. The largest absolute Gasteiger partial charge is 0.490 e. The van der Waals surface area contributed by atoms with Gasteiger partial charge in [-0.1, -0.05) is 36.4 Å². The van der Waals surface area contributed by atoms with Crippen molar-refractivity contribution in [1.82, 2.24) is 10.2 Å². The van der Waals surface area contributed by atoms with Gasteiger partial charge in [0.15, 0.2) is 11.5 Å². The summed E-state index contributed by atoms with van der Waals surface area (Å²) in [5.41, 5.74) is 9.36. The van der Waals surface area contributed by atoms with E-state index in [1.165, 1.54) is 24.3 Å². The van der Waals surface area contributed by atoms with Crippen molar-refractivity contribution < 1.29 is 23.4 Å². The number of benzene rings is 3. The third kappa shape index (κ3) is 4.48. The molecule has 0 saturated heterocycles. The van der Waals surface area contributed by atoms with E-state index in [1.54, 1.807) is 25.1 Å². The topological polar surface area (TPSA) is 123 Å². The number of nitrogens with two attached hydrogens (primary N) is 1. The molecular formula is C28H21FN4O4. The fourth-order valence-corrected chi connectivity index (χ4v) is 4.20. The Bertz CT molecular complexity index is 1540. The van der Waals surface area contributed by atoms with Crippen molar-refractivity contribution in [2.45, 2.75) is 12.8 Å². The van der Waals surface area contributed by atoms with Crippen molar-refractivity contribution >= 4 is 5.97 Å². The number of esters is 1. The minimum Gasteiger partial charge on any atom is -0.490 e. The molecule has 8 nitrogen and oxygen atoms in total. The molecule has 0 saturated carbocycles. The summed E-state index contributed by atoms with van der Waals surface area (Å²) in [4.78, 5) is 12.6. The summed E-state index contributed by atoms with van der Waals surface area (Å²) < 4.78 is 30.3. The molecule has 0 aliphatic carbocycles. The quantitative estimate of drug-likeness (QED) is 0.283. The Morgan fingerprint density at radius 1 is 1.14 bits per heavy atom. The van der Waals surface area contributed by atoms with Gasteiger partial charge in [0.05, 0.1) is 29.3 Å². The molecule has 3 aromatic carbocycles. The van der Waals surface area contributed by atoms with E-state index in [0.29, 0.717) is 29.2 Å². The number of nitrogens with zero attached hydrogens (tertiary/aromatic N) is 2. The van der Waals surface area contributed by atoms with Crippen LogP contribution in [0.15, 0.2) is 84.3 Å². The van der Waals surface area contributed by atoms with Crippen molar-refractivity contribution in [3.8, 4) is 34.7 Å². The van der Waals surface area contributed by atoms with Crippen LogP contribution in [0, 0.1) is 17.1 Å². The van der Waals surface area contributed by atoms with Crippen LogP contribution in [-0.2, 0) is 0 Å². The first-order valence-electron chi connectivity index (χ1n) is 11.5. The SMILES string of the molecule is CCOc1cc([C@H]2C(C#N)=C(N)Oc3n[nH]c(-c4ccccc4)c32)ccc1OC(=O)c1ccc(F)cc1. The molecule has 184 valence electrons. The lowest BCUT2D eigenvalue weighted by molar-refractivity contribution is 0.0728. The van der Waals surface area contributed by atoms with Gasteiger partial charge in [-0.05, 0) is 54.4 Å². The van der Waals surface area contributed by atoms with Crippen LogP contribution in [-0.4, -0.2) is 22.8 Å². The van der Waals surface area contributed by atoms with Gasteiger partial charge in [0.2, 0.25) is 11.8 Å². The Morgan fingerprint density at radius 2 is 1.89 bits per heavy atom. The Balaban J connectivity index is 1.58.